The van der Waals surface area contributed by atoms with E-state index in [1.807, 2.05) is 0 Å². The zero-order valence-corrected chi connectivity index (χ0v) is 21.8. The number of anilines is 1. The lowest BCUT2D eigenvalue weighted by atomic mass is 10.1. The third kappa shape index (κ3) is 7.03. The van der Waals surface area contributed by atoms with Crippen molar-refractivity contribution in [3.05, 3.63) is 69.5 Å². The maximum Gasteiger partial charge on any atom is 0.271 e. The van der Waals surface area contributed by atoms with Gasteiger partial charge in [0.1, 0.15) is 18.4 Å². The van der Waals surface area contributed by atoms with Crippen LogP contribution in [0.5, 0.6) is 0 Å². The molecule has 2 aromatic rings. The third-order valence-corrected chi connectivity index (χ3v) is 7.65. The lowest BCUT2D eigenvalue weighted by Gasteiger charge is -2.32. The molecule has 2 aromatic carbocycles. The summed E-state index contributed by atoms with van der Waals surface area (Å²) >= 11 is 0. The standard InChI is InChI=1S/C25H31FN4O6S/c1-17-12-13-21(30(33)34)14-23(17)29(37(3,35)36)16-24(31)28(15-19-8-4-7-11-22(19)26)18(2)25(32)27-20-9-5-6-10-20/h4,7-8,11-14,18,20H,5-6,9-10,15-16H2,1-3H3,(H,27,32)/t18-/m0/s1. The molecule has 0 aromatic heterocycles. The highest BCUT2D eigenvalue weighted by Crippen LogP contribution is 2.28. The molecule has 1 saturated carbocycles. The Hall–Kier alpha value is -3.54. The number of benzene rings is 2. The van der Waals surface area contributed by atoms with Gasteiger partial charge in [0, 0.05) is 30.3 Å². The molecule has 1 fully saturated rings. The molecule has 0 heterocycles. The van der Waals surface area contributed by atoms with E-state index in [-0.39, 0.29) is 29.5 Å². The van der Waals surface area contributed by atoms with E-state index in [9.17, 15) is 32.5 Å². The highest BCUT2D eigenvalue weighted by molar-refractivity contribution is 7.92. The topological polar surface area (TPSA) is 130 Å². The van der Waals surface area contributed by atoms with Crippen LogP contribution in [0.1, 0.15) is 43.7 Å². The van der Waals surface area contributed by atoms with Gasteiger partial charge in [0.2, 0.25) is 21.8 Å². The number of rotatable bonds is 10. The van der Waals surface area contributed by atoms with E-state index in [1.165, 1.54) is 37.3 Å². The van der Waals surface area contributed by atoms with Gasteiger partial charge in [-0.3, -0.25) is 24.0 Å². The second-order valence-electron chi connectivity index (χ2n) is 9.28. The summed E-state index contributed by atoms with van der Waals surface area (Å²) in [6, 6.07) is 8.48. The van der Waals surface area contributed by atoms with Crippen LogP contribution in [0.15, 0.2) is 42.5 Å². The number of nitrogens with zero attached hydrogens (tertiary/aromatic N) is 3. The summed E-state index contributed by atoms with van der Waals surface area (Å²) < 4.78 is 40.7. The van der Waals surface area contributed by atoms with Crippen molar-refractivity contribution in [2.75, 3.05) is 17.1 Å². The van der Waals surface area contributed by atoms with Gasteiger partial charge in [0.15, 0.2) is 0 Å². The number of non-ortho nitro benzene ring substituents is 1. The molecule has 3 rings (SSSR count). The van der Waals surface area contributed by atoms with E-state index >= 15 is 0 Å². The van der Waals surface area contributed by atoms with Crippen molar-refractivity contribution in [3.63, 3.8) is 0 Å². The Balaban J connectivity index is 1.95. The molecule has 2 amide bonds. The number of halogens is 1. The molecule has 12 heteroatoms. The second-order valence-corrected chi connectivity index (χ2v) is 11.2. The van der Waals surface area contributed by atoms with Crippen LogP contribution >= 0.6 is 0 Å². The monoisotopic (exact) mass is 534 g/mol. The normalized spacial score (nSPS) is 14.7. The maximum absolute atomic E-state index is 14.5. The molecular weight excluding hydrogens is 503 g/mol. The highest BCUT2D eigenvalue weighted by Gasteiger charge is 2.32. The molecule has 37 heavy (non-hydrogen) atoms. The Labute approximate surface area is 215 Å². The molecule has 1 N–H and O–H groups in total. The summed E-state index contributed by atoms with van der Waals surface area (Å²) in [7, 11) is -4.07. The molecule has 0 radical (unpaired) electrons. The minimum atomic E-state index is -4.07. The summed E-state index contributed by atoms with van der Waals surface area (Å²) in [5, 5.41) is 14.2. The first-order valence-electron chi connectivity index (χ1n) is 11.9. The number of hydrogen-bond donors (Lipinski definition) is 1. The quantitative estimate of drug-likeness (QED) is 0.368. The fourth-order valence-corrected chi connectivity index (χ4v) is 5.26. The van der Waals surface area contributed by atoms with Gasteiger partial charge in [-0.05, 0) is 38.3 Å². The molecule has 0 saturated heterocycles. The SMILES string of the molecule is Cc1ccc([N+](=O)[O-])cc1N(CC(=O)N(Cc1ccccc1F)[C@@H](C)C(=O)NC1CCCC1)S(C)(=O)=O. The molecule has 0 aliphatic heterocycles. The molecule has 0 unspecified atom stereocenters. The molecule has 1 aliphatic carbocycles. The predicted octanol–water partition coefficient (Wildman–Crippen LogP) is 3.28. The molecular formula is C25H31FN4O6S. The van der Waals surface area contributed by atoms with Crippen LogP contribution in [-0.4, -0.2) is 54.9 Å². The largest absolute Gasteiger partial charge is 0.352 e. The lowest BCUT2D eigenvalue weighted by Crippen LogP contribution is -2.52. The van der Waals surface area contributed by atoms with Gasteiger partial charge in [0.05, 0.1) is 16.9 Å². The first-order chi connectivity index (χ1) is 17.4. The minimum absolute atomic E-state index is 0.0135. The molecule has 200 valence electrons. The Morgan fingerprint density at radius 2 is 1.84 bits per heavy atom. The molecule has 0 bridgehead atoms. The lowest BCUT2D eigenvalue weighted by molar-refractivity contribution is -0.384. The Morgan fingerprint density at radius 1 is 1.19 bits per heavy atom. The smallest absolute Gasteiger partial charge is 0.271 e. The first kappa shape index (κ1) is 28.0. The average molecular weight is 535 g/mol. The molecule has 0 spiro atoms. The third-order valence-electron chi connectivity index (χ3n) is 6.52. The fourth-order valence-electron chi connectivity index (χ4n) is 4.36. The summed E-state index contributed by atoms with van der Waals surface area (Å²) in [4.78, 5) is 38.4. The van der Waals surface area contributed by atoms with E-state index in [0.29, 0.717) is 5.56 Å². The van der Waals surface area contributed by atoms with Gasteiger partial charge < -0.3 is 10.2 Å². The zero-order valence-electron chi connectivity index (χ0n) is 21.0. The second kappa shape index (κ2) is 11.7. The van der Waals surface area contributed by atoms with Crippen molar-refractivity contribution < 1.29 is 27.3 Å². The van der Waals surface area contributed by atoms with Gasteiger partial charge in [-0.1, -0.05) is 37.1 Å². The Bertz CT molecular complexity index is 1280. The van der Waals surface area contributed by atoms with Crippen LogP contribution in [0.2, 0.25) is 0 Å². The first-order valence-corrected chi connectivity index (χ1v) is 13.8. The number of amides is 2. The van der Waals surface area contributed by atoms with Crippen LogP contribution < -0.4 is 9.62 Å². The van der Waals surface area contributed by atoms with Crippen molar-refractivity contribution in [1.29, 1.82) is 0 Å². The number of aryl methyl sites for hydroxylation is 1. The molecule has 1 atom stereocenters. The van der Waals surface area contributed by atoms with Crippen LogP contribution in [0.3, 0.4) is 0 Å². The number of carbonyl (C=O) groups is 2. The van der Waals surface area contributed by atoms with Crippen molar-refractivity contribution in [2.24, 2.45) is 0 Å². The van der Waals surface area contributed by atoms with Crippen molar-refractivity contribution in [2.45, 2.75) is 58.2 Å². The van der Waals surface area contributed by atoms with E-state index < -0.39 is 45.2 Å². The number of sulfonamides is 1. The van der Waals surface area contributed by atoms with Gasteiger partial charge in [-0.25, -0.2) is 12.8 Å². The van der Waals surface area contributed by atoms with Crippen molar-refractivity contribution in [3.8, 4) is 0 Å². The maximum atomic E-state index is 14.5. The summed E-state index contributed by atoms with van der Waals surface area (Å²) in [5.74, 6) is -1.75. The number of nitrogens with one attached hydrogen (secondary N) is 1. The van der Waals surface area contributed by atoms with Crippen LogP contribution in [0.25, 0.3) is 0 Å². The predicted molar refractivity (Wildman–Crippen MR) is 137 cm³/mol. The van der Waals surface area contributed by atoms with E-state index in [2.05, 4.69) is 5.32 Å². The van der Waals surface area contributed by atoms with Crippen molar-refractivity contribution >= 4 is 33.2 Å². The highest BCUT2D eigenvalue weighted by atomic mass is 32.2. The van der Waals surface area contributed by atoms with E-state index in [4.69, 9.17) is 0 Å². The Kier molecular flexibility index (Phi) is 8.85. The number of hydrogen-bond acceptors (Lipinski definition) is 6. The molecule has 1 aliphatic rings. The van der Waals surface area contributed by atoms with Crippen LogP contribution in [0, 0.1) is 22.9 Å². The zero-order chi connectivity index (χ0) is 27.3. The van der Waals surface area contributed by atoms with Crippen molar-refractivity contribution in [1.82, 2.24) is 10.2 Å². The molecule has 10 nitrogen and oxygen atoms in total. The van der Waals surface area contributed by atoms with E-state index in [0.717, 1.165) is 47.2 Å². The number of nitro benzene ring substituents is 1. The van der Waals surface area contributed by atoms with Gasteiger partial charge in [-0.2, -0.15) is 0 Å². The Morgan fingerprint density at radius 3 is 2.43 bits per heavy atom. The van der Waals surface area contributed by atoms with Gasteiger partial charge in [0.25, 0.3) is 5.69 Å². The van der Waals surface area contributed by atoms with Gasteiger partial charge >= 0.3 is 0 Å². The van der Waals surface area contributed by atoms with Gasteiger partial charge in [-0.15, -0.1) is 0 Å². The number of carbonyl (C=O) groups excluding carboxylic acids is 2. The average Bonchev–Trinajstić information content (AvgIpc) is 3.34. The summed E-state index contributed by atoms with van der Waals surface area (Å²) in [5.41, 5.74) is 0.193. The fraction of sp³-hybridized carbons (Fsp3) is 0.440. The van der Waals surface area contributed by atoms with E-state index in [1.54, 1.807) is 13.0 Å². The van der Waals surface area contributed by atoms with Crippen LogP contribution in [-0.2, 0) is 26.2 Å². The summed E-state index contributed by atoms with van der Waals surface area (Å²) in [6.45, 7) is 2.08. The number of nitro groups is 1. The van der Waals surface area contributed by atoms with Crippen LogP contribution in [0.4, 0.5) is 15.8 Å². The minimum Gasteiger partial charge on any atom is -0.352 e. The summed E-state index contributed by atoms with van der Waals surface area (Å²) in [6.07, 6.45) is 4.52.